The van der Waals surface area contributed by atoms with E-state index in [1.807, 2.05) is 42.6 Å². The maximum absolute atomic E-state index is 12.8. The Morgan fingerprint density at radius 3 is 2.62 bits per heavy atom. The maximum Gasteiger partial charge on any atom is 0.391 e. The fourth-order valence-electron chi connectivity index (χ4n) is 3.57. The average molecular weight is 443 g/mol. The number of rotatable bonds is 6. The Morgan fingerprint density at radius 1 is 1.19 bits per heavy atom. The Labute approximate surface area is 181 Å². The van der Waals surface area contributed by atoms with E-state index in [0.29, 0.717) is 11.0 Å². The Hall–Kier alpha value is -3.59. The van der Waals surface area contributed by atoms with Gasteiger partial charge in [0, 0.05) is 17.1 Å². The van der Waals surface area contributed by atoms with Crippen molar-refractivity contribution >= 4 is 16.9 Å². The highest BCUT2D eigenvalue weighted by Crippen LogP contribution is 2.31. The van der Waals surface area contributed by atoms with Gasteiger partial charge >= 0.3 is 6.18 Å². The molecule has 0 aliphatic rings. The lowest BCUT2D eigenvalue weighted by Gasteiger charge is -2.17. The van der Waals surface area contributed by atoms with E-state index in [2.05, 4.69) is 10.4 Å². The van der Waals surface area contributed by atoms with Gasteiger partial charge in [0.1, 0.15) is 11.3 Å². The van der Waals surface area contributed by atoms with Crippen molar-refractivity contribution in [2.75, 3.05) is 6.61 Å². The van der Waals surface area contributed by atoms with Crippen molar-refractivity contribution < 1.29 is 27.5 Å². The molecule has 6 nitrogen and oxygen atoms in total. The largest absolute Gasteiger partial charge is 0.461 e. The molecule has 2 aromatic heterocycles. The summed E-state index contributed by atoms with van der Waals surface area (Å²) in [6, 6.07) is 13.4. The van der Waals surface area contributed by atoms with Crippen LogP contribution in [0, 0.1) is 6.92 Å². The first-order chi connectivity index (χ1) is 15.2. The number of carbonyl (C=O) groups excluding carboxylic acids is 1. The van der Waals surface area contributed by atoms with Crippen LogP contribution in [0.1, 0.15) is 22.5 Å². The van der Waals surface area contributed by atoms with E-state index in [-0.39, 0.29) is 11.3 Å². The predicted octanol–water partition coefficient (Wildman–Crippen LogP) is 4.64. The fourth-order valence-corrected chi connectivity index (χ4v) is 3.57. The van der Waals surface area contributed by atoms with Gasteiger partial charge in [0.05, 0.1) is 36.5 Å². The van der Waals surface area contributed by atoms with Crippen molar-refractivity contribution in [1.82, 2.24) is 15.1 Å². The van der Waals surface area contributed by atoms with Crippen molar-refractivity contribution in [3.05, 3.63) is 72.2 Å². The average Bonchev–Trinajstić information content (AvgIpc) is 3.36. The van der Waals surface area contributed by atoms with E-state index in [0.717, 1.165) is 16.8 Å². The number of aromatic nitrogens is 2. The van der Waals surface area contributed by atoms with E-state index in [4.69, 9.17) is 4.42 Å². The first-order valence-corrected chi connectivity index (χ1v) is 9.87. The summed E-state index contributed by atoms with van der Waals surface area (Å²) >= 11 is 0. The fraction of sp³-hybridized carbons (Fsp3) is 0.217. The molecule has 32 heavy (non-hydrogen) atoms. The Kier molecular flexibility index (Phi) is 5.75. The molecule has 0 spiro atoms. The molecular formula is C23H20F3N3O3. The minimum atomic E-state index is -4.51. The molecule has 0 bridgehead atoms. The molecule has 4 rings (SSSR count). The number of alkyl halides is 3. The summed E-state index contributed by atoms with van der Waals surface area (Å²) < 4.78 is 45.4. The van der Waals surface area contributed by atoms with E-state index in [1.54, 1.807) is 29.9 Å². The lowest BCUT2D eigenvalue weighted by Crippen LogP contribution is -2.40. The number of aryl methyl sites for hydroxylation is 1. The third-order valence-corrected chi connectivity index (χ3v) is 5.06. The van der Waals surface area contributed by atoms with Crippen LogP contribution in [0.4, 0.5) is 13.2 Å². The van der Waals surface area contributed by atoms with Gasteiger partial charge in [-0.1, -0.05) is 24.3 Å². The number of furan rings is 1. The Morgan fingerprint density at radius 2 is 1.94 bits per heavy atom. The van der Waals surface area contributed by atoms with Crippen LogP contribution >= 0.6 is 0 Å². The summed E-state index contributed by atoms with van der Waals surface area (Å²) in [4.78, 5) is 12.8. The molecule has 0 saturated heterocycles. The van der Waals surface area contributed by atoms with E-state index < -0.39 is 31.2 Å². The van der Waals surface area contributed by atoms with Crippen LogP contribution in [0.2, 0.25) is 0 Å². The molecule has 0 radical (unpaired) electrons. The van der Waals surface area contributed by atoms with Crippen molar-refractivity contribution in [3.8, 4) is 16.8 Å². The molecule has 9 heteroatoms. The van der Waals surface area contributed by atoms with Gasteiger partial charge in [-0.25, -0.2) is 4.68 Å². The lowest BCUT2D eigenvalue weighted by molar-refractivity contribution is -0.141. The summed E-state index contributed by atoms with van der Waals surface area (Å²) in [5.41, 5.74) is 3.02. The van der Waals surface area contributed by atoms with Crippen LogP contribution in [0.15, 0.2) is 65.3 Å². The molecule has 0 aliphatic heterocycles. The molecule has 0 aliphatic carbocycles. The molecule has 2 aromatic carbocycles. The van der Waals surface area contributed by atoms with Crippen LogP contribution < -0.4 is 5.32 Å². The minimum absolute atomic E-state index is 0.137. The van der Waals surface area contributed by atoms with Crippen LogP contribution in [-0.2, 0) is 0 Å². The molecule has 2 N–H and O–H groups in total. The Bertz CT molecular complexity index is 1250. The van der Waals surface area contributed by atoms with Gasteiger partial charge in [-0.3, -0.25) is 4.79 Å². The van der Waals surface area contributed by atoms with Gasteiger partial charge in [0.15, 0.2) is 0 Å². The maximum atomic E-state index is 12.8. The van der Waals surface area contributed by atoms with Gasteiger partial charge in [-0.05, 0) is 36.8 Å². The zero-order valence-corrected chi connectivity index (χ0v) is 17.1. The number of halogens is 3. The molecule has 1 unspecified atom stereocenters. The number of nitrogens with zero attached hydrogens (tertiary/aromatic N) is 2. The molecule has 166 valence electrons. The quantitative estimate of drug-likeness (QED) is 0.455. The lowest BCUT2D eigenvalue weighted by atomic mass is 10.0. The first kappa shape index (κ1) is 21.6. The van der Waals surface area contributed by atoms with Crippen molar-refractivity contribution in [2.45, 2.75) is 25.6 Å². The van der Waals surface area contributed by atoms with Crippen LogP contribution in [0.3, 0.4) is 0 Å². The number of benzene rings is 2. The Balaban J connectivity index is 1.66. The highest BCUT2D eigenvalue weighted by molar-refractivity contribution is 6.08. The van der Waals surface area contributed by atoms with Gasteiger partial charge in [0.25, 0.3) is 5.91 Å². The van der Waals surface area contributed by atoms with Crippen molar-refractivity contribution in [1.29, 1.82) is 0 Å². The number of amides is 1. The second-order valence-electron chi connectivity index (χ2n) is 7.43. The van der Waals surface area contributed by atoms with E-state index >= 15 is 0 Å². The van der Waals surface area contributed by atoms with Gasteiger partial charge in [-0.15, -0.1) is 0 Å². The minimum Gasteiger partial charge on any atom is -0.461 e. The smallest absolute Gasteiger partial charge is 0.391 e. The van der Waals surface area contributed by atoms with Crippen LogP contribution in [0.25, 0.3) is 27.8 Å². The highest BCUT2D eigenvalue weighted by Gasteiger charge is 2.33. The zero-order valence-electron chi connectivity index (χ0n) is 17.1. The van der Waals surface area contributed by atoms with Gasteiger partial charge in [0.2, 0.25) is 0 Å². The number of para-hydroxylation sites is 1. The second kappa shape index (κ2) is 8.51. The summed E-state index contributed by atoms with van der Waals surface area (Å²) in [5, 5.41) is 16.4. The van der Waals surface area contributed by atoms with E-state index in [1.165, 1.54) is 0 Å². The molecule has 4 aromatic rings. The third-order valence-electron chi connectivity index (χ3n) is 5.06. The molecule has 0 fully saturated rings. The number of hydrogen-bond donors (Lipinski definition) is 2. The van der Waals surface area contributed by atoms with E-state index in [9.17, 15) is 23.1 Å². The number of aliphatic hydroxyl groups excluding tert-OH is 1. The summed E-state index contributed by atoms with van der Waals surface area (Å²) in [6.45, 7) is 0.740. The van der Waals surface area contributed by atoms with Crippen LogP contribution in [-0.4, -0.2) is 39.6 Å². The number of fused-ring (bicyclic) bond motifs is 1. The number of carbonyl (C=O) groups is 1. The highest BCUT2D eigenvalue weighted by atomic mass is 19.4. The summed E-state index contributed by atoms with van der Waals surface area (Å²) in [6.07, 6.45) is -2.31. The molecule has 1 atom stereocenters. The zero-order chi connectivity index (χ0) is 22.9. The molecule has 0 saturated carbocycles. The molecule has 2 heterocycles. The summed E-state index contributed by atoms with van der Waals surface area (Å²) in [5.74, 6) is -0.458. The molecule has 1 amide bonds. The number of hydrogen-bond acceptors (Lipinski definition) is 4. The molecular weight excluding hydrogens is 423 g/mol. The number of nitrogens with one attached hydrogen (secondary N) is 1. The second-order valence-corrected chi connectivity index (χ2v) is 7.43. The van der Waals surface area contributed by atoms with Crippen molar-refractivity contribution in [2.24, 2.45) is 0 Å². The van der Waals surface area contributed by atoms with Gasteiger partial charge < -0.3 is 14.8 Å². The first-order valence-electron chi connectivity index (χ1n) is 9.87. The predicted molar refractivity (Wildman–Crippen MR) is 113 cm³/mol. The standard InChI is InChI=1S/C23H20F3N3O3/c1-14-21(22(31)28-17(13-30)10-23(24,25)26)19-9-15(7-8-20(19)32-14)16-11-27-29(12-16)18-5-3-2-4-6-18/h2-9,11-12,17,30H,10,13H2,1H3,(H,28,31). The monoisotopic (exact) mass is 443 g/mol. The van der Waals surface area contributed by atoms with Gasteiger partial charge in [-0.2, -0.15) is 18.3 Å². The third kappa shape index (κ3) is 4.52. The summed E-state index contributed by atoms with van der Waals surface area (Å²) in [7, 11) is 0. The topological polar surface area (TPSA) is 80.3 Å². The van der Waals surface area contributed by atoms with Crippen LogP contribution in [0.5, 0.6) is 0 Å². The number of aliphatic hydroxyl groups is 1. The van der Waals surface area contributed by atoms with Crippen molar-refractivity contribution in [3.63, 3.8) is 0 Å². The normalized spacial score (nSPS) is 12.8. The SMILES string of the molecule is Cc1oc2ccc(-c3cnn(-c4ccccc4)c3)cc2c1C(=O)NC(CO)CC(F)(F)F.